The van der Waals surface area contributed by atoms with E-state index >= 15 is 0 Å². The lowest BCUT2D eigenvalue weighted by molar-refractivity contribution is -0.384. The predicted molar refractivity (Wildman–Crippen MR) is 72.4 cm³/mol. The molecule has 0 spiro atoms. The van der Waals surface area contributed by atoms with Crippen molar-refractivity contribution in [2.45, 2.75) is 31.2 Å². The molecule has 6 nitrogen and oxygen atoms in total. The average Bonchev–Trinajstić information content (AvgIpc) is 2.87. The van der Waals surface area contributed by atoms with Crippen LogP contribution in [-0.4, -0.2) is 16.4 Å². The van der Waals surface area contributed by atoms with Gasteiger partial charge in [0, 0.05) is 22.7 Å². The Balaban J connectivity index is 2.25. The van der Waals surface area contributed by atoms with Crippen molar-refractivity contribution in [3.63, 3.8) is 0 Å². The monoisotopic (exact) mass is 293 g/mol. The Morgan fingerprint density at radius 2 is 2.05 bits per heavy atom. The molecule has 1 aromatic carbocycles. The zero-order valence-corrected chi connectivity index (χ0v) is 11.3. The molecule has 1 aliphatic carbocycles. The maximum absolute atomic E-state index is 12.1. The van der Waals surface area contributed by atoms with E-state index in [0.717, 1.165) is 18.9 Å². The van der Waals surface area contributed by atoms with Gasteiger partial charge in [-0.05, 0) is 31.7 Å². The third-order valence-corrected chi connectivity index (χ3v) is 3.60. The van der Waals surface area contributed by atoms with Gasteiger partial charge in [-0.2, -0.15) is 5.26 Å². The number of nitriles is 1. The van der Waals surface area contributed by atoms with Gasteiger partial charge >= 0.3 is 0 Å². The molecule has 7 heteroatoms. The second-order valence-electron chi connectivity index (χ2n) is 4.81. The van der Waals surface area contributed by atoms with E-state index in [1.165, 1.54) is 12.1 Å². The number of hydrogen-bond acceptors (Lipinski definition) is 4. The summed E-state index contributed by atoms with van der Waals surface area (Å²) in [5.74, 6) is -0.515. The number of nitro groups is 1. The molecule has 1 saturated carbocycles. The molecule has 1 aliphatic rings. The smallest absolute Gasteiger partial charge is 0.271 e. The standard InChI is InChI=1S/C13H12ClN3O3/c14-10-5-9(6-11(7-10)17(19)20)12(18)16-13(8-15)3-1-2-4-13/h5-7H,1-4H2,(H,16,18). The molecule has 104 valence electrons. The van der Waals surface area contributed by atoms with Crippen LogP contribution in [0.15, 0.2) is 18.2 Å². The Kier molecular flexibility index (Phi) is 3.91. The molecule has 0 heterocycles. The van der Waals surface area contributed by atoms with Crippen LogP contribution in [-0.2, 0) is 0 Å². The zero-order valence-electron chi connectivity index (χ0n) is 10.6. The lowest BCUT2D eigenvalue weighted by Crippen LogP contribution is -2.45. The molecule has 1 aromatic rings. The van der Waals surface area contributed by atoms with E-state index in [0.29, 0.717) is 12.8 Å². The Morgan fingerprint density at radius 1 is 1.40 bits per heavy atom. The van der Waals surface area contributed by atoms with E-state index < -0.39 is 16.4 Å². The molecule has 20 heavy (non-hydrogen) atoms. The number of nitro benzene ring substituents is 1. The number of nitrogens with zero attached hydrogens (tertiary/aromatic N) is 2. The van der Waals surface area contributed by atoms with Crippen LogP contribution in [0.3, 0.4) is 0 Å². The van der Waals surface area contributed by atoms with Crippen molar-refractivity contribution in [1.82, 2.24) is 5.32 Å². The lowest BCUT2D eigenvalue weighted by Gasteiger charge is -2.21. The largest absolute Gasteiger partial charge is 0.334 e. The second kappa shape index (κ2) is 5.47. The van der Waals surface area contributed by atoms with Gasteiger partial charge in [0.2, 0.25) is 0 Å². The summed E-state index contributed by atoms with van der Waals surface area (Å²) in [6.07, 6.45) is 2.95. The minimum atomic E-state index is -0.867. The zero-order chi connectivity index (χ0) is 14.8. The summed E-state index contributed by atoms with van der Waals surface area (Å²) in [6, 6.07) is 5.81. The highest BCUT2D eigenvalue weighted by molar-refractivity contribution is 6.31. The van der Waals surface area contributed by atoms with Gasteiger partial charge in [-0.1, -0.05) is 11.6 Å². The van der Waals surface area contributed by atoms with Crippen LogP contribution in [0.2, 0.25) is 5.02 Å². The van der Waals surface area contributed by atoms with Crippen LogP contribution in [0.1, 0.15) is 36.0 Å². The Bertz CT molecular complexity index is 603. The molecule has 0 atom stereocenters. The van der Waals surface area contributed by atoms with Gasteiger partial charge in [0.15, 0.2) is 0 Å². The molecular formula is C13H12ClN3O3. The van der Waals surface area contributed by atoms with Crippen molar-refractivity contribution in [2.75, 3.05) is 0 Å². The Labute approximate surface area is 120 Å². The predicted octanol–water partition coefficient (Wildman–Crippen LogP) is 2.81. The molecule has 2 rings (SSSR count). The summed E-state index contributed by atoms with van der Waals surface area (Å²) in [5, 5.41) is 22.7. The first-order valence-corrected chi connectivity index (χ1v) is 6.52. The maximum atomic E-state index is 12.1. The second-order valence-corrected chi connectivity index (χ2v) is 5.25. The van der Waals surface area contributed by atoms with Crippen LogP contribution in [0.25, 0.3) is 0 Å². The third-order valence-electron chi connectivity index (χ3n) is 3.38. The minimum absolute atomic E-state index is 0.0886. The summed E-state index contributed by atoms with van der Waals surface area (Å²) < 4.78 is 0. The van der Waals surface area contributed by atoms with Crippen LogP contribution < -0.4 is 5.32 Å². The van der Waals surface area contributed by atoms with Gasteiger partial charge in [-0.15, -0.1) is 0 Å². The SMILES string of the molecule is N#CC1(NC(=O)c2cc(Cl)cc([N+](=O)[O-])c2)CCCC1. The number of hydrogen-bond donors (Lipinski definition) is 1. The van der Waals surface area contributed by atoms with E-state index in [9.17, 15) is 20.2 Å². The maximum Gasteiger partial charge on any atom is 0.271 e. The average molecular weight is 294 g/mol. The topological polar surface area (TPSA) is 96.0 Å². The molecule has 0 radical (unpaired) electrons. The van der Waals surface area contributed by atoms with E-state index in [2.05, 4.69) is 11.4 Å². The third kappa shape index (κ3) is 2.89. The van der Waals surface area contributed by atoms with E-state index in [1.54, 1.807) is 0 Å². The molecule has 0 bridgehead atoms. The first kappa shape index (κ1) is 14.3. The quantitative estimate of drug-likeness (QED) is 0.684. The molecule has 1 fully saturated rings. The van der Waals surface area contributed by atoms with Crippen LogP contribution in [0.5, 0.6) is 0 Å². The van der Waals surface area contributed by atoms with Gasteiger partial charge in [-0.3, -0.25) is 14.9 Å². The van der Waals surface area contributed by atoms with Gasteiger partial charge in [-0.25, -0.2) is 0 Å². The molecular weight excluding hydrogens is 282 g/mol. The highest BCUT2D eigenvalue weighted by Gasteiger charge is 2.35. The Morgan fingerprint density at radius 3 is 2.60 bits per heavy atom. The highest BCUT2D eigenvalue weighted by atomic mass is 35.5. The number of rotatable bonds is 3. The summed E-state index contributed by atoms with van der Waals surface area (Å²) in [6.45, 7) is 0. The lowest BCUT2D eigenvalue weighted by atomic mass is 9.99. The molecule has 0 saturated heterocycles. The normalized spacial score (nSPS) is 16.4. The van der Waals surface area contributed by atoms with E-state index in [4.69, 9.17) is 11.6 Å². The summed E-state index contributed by atoms with van der Waals surface area (Å²) in [4.78, 5) is 22.3. The van der Waals surface area contributed by atoms with Crippen molar-refractivity contribution in [3.8, 4) is 6.07 Å². The van der Waals surface area contributed by atoms with Crippen LogP contribution in [0, 0.1) is 21.4 Å². The van der Waals surface area contributed by atoms with Crippen molar-refractivity contribution >= 4 is 23.2 Å². The summed E-state index contributed by atoms with van der Waals surface area (Å²) in [5.41, 5.74) is -1.03. The number of benzene rings is 1. The highest BCUT2D eigenvalue weighted by Crippen LogP contribution is 2.29. The van der Waals surface area contributed by atoms with Crippen LogP contribution in [0.4, 0.5) is 5.69 Å². The van der Waals surface area contributed by atoms with Crippen LogP contribution >= 0.6 is 11.6 Å². The van der Waals surface area contributed by atoms with Crippen molar-refractivity contribution < 1.29 is 9.72 Å². The van der Waals surface area contributed by atoms with Gasteiger partial charge in [0.1, 0.15) is 5.54 Å². The summed E-state index contributed by atoms with van der Waals surface area (Å²) in [7, 11) is 0. The summed E-state index contributed by atoms with van der Waals surface area (Å²) >= 11 is 5.77. The number of carbonyl (C=O) groups is 1. The van der Waals surface area contributed by atoms with Crippen molar-refractivity contribution in [2.24, 2.45) is 0 Å². The number of amides is 1. The molecule has 0 aliphatic heterocycles. The fourth-order valence-corrected chi connectivity index (χ4v) is 2.57. The number of carbonyl (C=O) groups excluding carboxylic acids is 1. The Hall–Kier alpha value is -2.13. The molecule has 1 amide bonds. The minimum Gasteiger partial charge on any atom is -0.334 e. The number of halogens is 1. The fraction of sp³-hybridized carbons (Fsp3) is 0.385. The molecule has 1 N–H and O–H groups in total. The number of nitrogens with one attached hydrogen (secondary N) is 1. The molecule has 0 unspecified atom stereocenters. The van der Waals surface area contributed by atoms with E-state index in [1.807, 2.05) is 0 Å². The first-order chi connectivity index (χ1) is 9.46. The first-order valence-electron chi connectivity index (χ1n) is 6.14. The van der Waals surface area contributed by atoms with Crippen molar-refractivity contribution in [1.29, 1.82) is 5.26 Å². The van der Waals surface area contributed by atoms with Crippen molar-refractivity contribution in [3.05, 3.63) is 38.9 Å². The number of non-ortho nitro benzene ring substituents is 1. The van der Waals surface area contributed by atoms with E-state index in [-0.39, 0.29) is 16.3 Å². The fourth-order valence-electron chi connectivity index (χ4n) is 2.34. The van der Waals surface area contributed by atoms with Gasteiger partial charge in [0.05, 0.1) is 11.0 Å². The van der Waals surface area contributed by atoms with Gasteiger partial charge in [0.25, 0.3) is 11.6 Å². The van der Waals surface area contributed by atoms with Gasteiger partial charge < -0.3 is 5.32 Å². The molecule has 0 aromatic heterocycles.